The Kier molecular flexibility index (Phi) is 10.8. The average Bonchev–Trinajstić information content (AvgIpc) is 2.78. The number of nitro groups is 2. The van der Waals surface area contributed by atoms with E-state index in [9.17, 15) is 47.9 Å². The van der Waals surface area contributed by atoms with Gasteiger partial charge in [0.05, 0.1) is 26.5 Å². The zero-order valence-electron chi connectivity index (χ0n) is 18.2. The number of anilines is 2. The van der Waals surface area contributed by atoms with E-state index in [0.717, 1.165) is 24.3 Å². The Labute approximate surface area is 237 Å². The monoisotopic (exact) mass is 589 g/mol. The van der Waals surface area contributed by atoms with Crippen molar-refractivity contribution in [3.63, 3.8) is 0 Å². The van der Waals surface area contributed by atoms with Crippen LogP contribution in [0.3, 0.4) is 0 Å². The van der Waals surface area contributed by atoms with Gasteiger partial charge in [-0.15, -0.1) is 0 Å². The van der Waals surface area contributed by atoms with Crippen LogP contribution in [-0.4, -0.2) is 27.9 Å². The van der Waals surface area contributed by atoms with Crippen molar-refractivity contribution in [3.8, 4) is 5.75 Å². The molecule has 16 nitrogen and oxygen atoms in total. The third kappa shape index (κ3) is 7.49. The molecule has 1 radical (unpaired) electrons. The van der Waals surface area contributed by atoms with Crippen LogP contribution >= 0.6 is 0 Å². The summed E-state index contributed by atoms with van der Waals surface area (Å²) in [6.07, 6.45) is 0. The number of aromatic hydroxyl groups is 1. The normalized spacial score (nSPS) is 11.7. The van der Waals surface area contributed by atoms with Crippen LogP contribution in [0.5, 0.6) is 5.75 Å². The van der Waals surface area contributed by atoms with E-state index in [1.54, 1.807) is 0 Å². The van der Waals surface area contributed by atoms with Crippen LogP contribution < -0.4 is 62.0 Å². The Bertz CT molecular complexity index is 1690. The molecule has 0 atom stereocenters. The Morgan fingerprint density at radius 2 is 1.51 bits per heavy atom. The van der Waals surface area contributed by atoms with E-state index >= 15 is 0 Å². The van der Waals surface area contributed by atoms with Gasteiger partial charge in [-0.05, 0) is 36.4 Å². The topological polar surface area (TPSA) is 247 Å². The minimum atomic E-state index is -4.66. The maximum absolute atomic E-state index is 12.6. The molecule has 3 aromatic carbocycles. The number of hydrogen-bond acceptors (Lipinski definition) is 14. The second-order valence-electron chi connectivity index (χ2n) is 6.56. The first-order valence-electron chi connectivity index (χ1n) is 9.04. The van der Waals surface area contributed by atoms with Gasteiger partial charge in [0.2, 0.25) is 16.6 Å². The van der Waals surface area contributed by atoms with Gasteiger partial charge in [-0.3, -0.25) is 40.7 Å². The molecule has 0 saturated heterocycles. The fourth-order valence-corrected chi connectivity index (χ4v) is 3.08. The van der Waals surface area contributed by atoms with Gasteiger partial charge >= 0.3 is 52.3 Å². The summed E-state index contributed by atoms with van der Waals surface area (Å²) in [5.74, 6) is -1.02. The molecule has 19 heteroatoms. The molecule has 37 heavy (non-hydrogen) atoms. The molecule has 0 aromatic heterocycles. The van der Waals surface area contributed by atoms with E-state index in [0.29, 0.717) is 12.1 Å². The first kappa shape index (κ1) is 31.5. The molecule has 0 spiro atoms. The Hall–Kier alpha value is -3.51. The van der Waals surface area contributed by atoms with Gasteiger partial charge in [0.15, 0.2) is 5.36 Å². The molecule has 0 unspecified atom stereocenters. The van der Waals surface area contributed by atoms with Crippen LogP contribution in [-0.2, 0) is 27.2 Å². The van der Waals surface area contributed by atoms with E-state index in [1.165, 1.54) is 12.1 Å². The molecule has 3 rings (SSSR count). The quantitative estimate of drug-likeness (QED) is 0.0800. The number of phenols is 1. The van der Waals surface area contributed by atoms with Crippen molar-refractivity contribution in [3.05, 3.63) is 99.9 Å². The molecule has 0 bridgehead atoms. The van der Waals surface area contributed by atoms with Crippen molar-refractivity contribution in [2.45, 2.75) is 4.90 Å². The number of benzene rings is 3. The fourth-order valence-electron chi connectivity index (χ4n) is 2.61. The summed E-state index contributed by atoms with van der Waals surface area (Å²) in [6, 6.07) is 7.61. The van der Waals surface area contributed by atoms with Crippen molar-refractivity contribution in [2.75, 3.05) is 10.9 Å². The van der Waals surface area contributed by atoms with Crippen molar-refractivity contribution in [2.24, 2.45) is 10.2 Å². The second kappa shape index (κ2) is 12.6. The fraction of sp³-hybridized carbons (Fsp3) is 0. The number of phenolic OH excluding ortho intramolecular Hbond substituents is 1. The van der Waals surface area contributed by atoms with E-state index < -0.39 is 63.9 Å². The molecule has 0 aliphatic rings. The van der Waals surface area contributed by atoms with Crippen LogP contribution in [0.25, 0.3) is 0 Å². The first-order chi connectivity index (χ1) is 16.4. The van der Waals surface area contributed by atoms with Gasteiger partial charge in [0, 0.05) is 6.07 Å². The van der Waals surface area contributed by atoms with Crippen LogP contribution in [0.15, 0.2) is 73.2 Å². The van der Waals surface area contributed by atoms with E-state index in [4.69, 9.17) is 0 Å². The van der Waals surface area contributed by atoms with Crippen molar-refractivity contribution in [1.29, 1.82) is 0 Å². The van der Waals surface area contributed by atoms with Crippen molar-refractivity contribution >= 4 is 32.9 Å². The van der Waals surface area contributed by atoms with Crippen molar-refractivity contribution < 1.29 is 74.5 Å². The van der Waals surface area contributed by atoms with Crippen LogP contribution in [0.2, 0.25) is 0 Å². The Morgan fingerprint density at radius 1 is 0.892 bits per heavy atom. The predicted molar refractivity (Wildman–Crippen MR) is 116 cm³/mol. The minimum Gasteiger partial charge on any atom is -0.744 e. The SMILES string of the molecule is O=c1cc/c(=N\Nc2ccc(S(=O)(=O)[O-])cc2)c(=O)/c1=N/Nc1cc([N+](=O)[O-])cc([N+](=O)[O-])c1O.[Cu+2].[Na+]. The van der Waals surface area contributed by atoms with Gasteiger partial charge in [-0.2, -0.15) is 10.2 Å². The third-order valence-corrected chi connectivity index (χ3v) is 5.14. The van der Waals surface area contributed by atoms with Gasteiger partial charge in [0.1, 0.15) is 21.2 Å². The molecule has 3 aromatic rings. The van der Waals surface area contributed by atoms with Gasteiger partial charge in [0.25, 0.3) is 5.69 Å². The Morgan fingerprint density at radius 3 is 2.05 bits per heavy atom. The third-order valence-electron chi connectivity index (χ3n) is 4.29. The van der Waals surface area contributed by atoms with E-state index in [1.807, 2.05) is 5.43 Å². The summed E-state index contributed by atoms with van der Waals surface area (Å²) in [5.41, 5.74) is 0.353. The number of nitro benzene ring substituents is 2. The molecule has 189 valence electrons. The summed E-state index contributed by atoms with van der Waals surface area (Å²) >= 11 is 0. The van der Waals surface area contributed by atoms with Gasteiger partial charge < -0.3 is 9.66 Å². The smallest absolute Gasteiger partial charge is 0.744 e. The largest absolute Gasteiger partial charge is 2.00 e. The van der Waals surface area contributed by atoms with Gasteiger partial charge in [-0.25, -0.2) is 8.42 Å². The zero-order chi connectivity index (χ0) is 25.9. The predicted octanol–water partition coefficient (Wildman–Crippen LogP) is -3.43. The molecule has 0 fully saturated rings. The molecule has 0 aliphatic heterocycles. The summed E-state index contributed by atoms with van der Waals surface area (Å²) < 4.78 is 32.9. The molecular formula is C18H11CuN6NaO10S+2. The summed E-state index contributed by atoms with van der Waals surface area (Å²) in [6.45, 7) is 0. The maximum Gasteiger partial charge on any atom is 2.00 e. The van der Waals surface area contributed by atoms with Crippen LogP contribution in [0.4, 0.5) is 22.7 Å². The first-order valence-corrected chi connectivity index (χ1v) is 10.5. The van der Waals surface area contributed by atoms with Crippen molar-refractivity contribution in [1.82, 2.24) is 0 Å². The zero-order valence-corrected chi connectivity index (χ0v) is 22.0. The number of nitrogens with one attached hydrogen (secondary N) is 2. The maximum atomic E-state index is 12.6. The van der Waals surface area contributed by atoms with Crippen LogP contribution in [0, 0.1) is 20.2 Å². The average molecular weight is 590 g/mol. The minimum absolute atomic E-state index is 0. The molecule has 0 saturated carbocycles. The van der Waals surface area contributed by atoms with Crippen LogP contribution in [0.1, 0.15) is 0 Å². The second-order valence-corrected chi connectivity index (χ2v) is 7.94. The molecule has 0 amide bonds. The standard InChI is InChI=1S/C18H12N6O10S.Cu.Na/c25-15-6-5-12(20-19-9-1-3-11(4-2-9)35(32,33)34)18(27)16(15)22-21-13-7-10(23(28)29)8-14(17(13)26)24(30)31;;/h1-8,19,21,26H,(H,32,33,34);;/q;+2;+1/p-1/b20-12+,22-16+;;. The number of hydrogen-bond donors (Lipinski definition) is 3. The number of rotatable bonds is 7. The molecule has 0 aliphatic carbocycles. The van der Waals surface area contributed by atoms with E-state index in [2.05, 4.69) is 15.6 Å². The summed E-state index contributed by atoms with van der Waals surface area (Å²) in [7, 11) is -4.66. The molecule has 3 N–H and O–H groups in total. The molecular weight excluding hydrogens is 579 g/mol. The summed E-state index contributed by atoms with van der Waals surface area (Å²) in [4.78, 5) is 44.2. The number of non-ortho nitro benzene ring substituents is 1. The molecule has 0 heterocycles. The van der Waals surface area contributed by atoms with Gasteiger partial charge in [-0.1, -0.05) is 0 Å². The summed E-state index contributed by atoms with van der Waals surface area (Å²) in [5, 5.41) is 38.2. The number of nitrogens with zero attached hydrogens (tertiary/aromatic N) is 4. The van der Waals surface area contributed by atoms with E-state index in [-0.39, 0.29) is 57.7 Å². The Balaban J connectivity index is 0.00000342.